The van der Waals surface area contributed by atoms with Crippen LogP contribution in [-0.2, 0) is 0 Å². The number of anilines is 1. The second kappa shape index (κ2) is 5.67. The number of rotatable bonds is 2. The van der Waals surface area contributed by atoms with Crippen LogP contribution in [0.2, 0.25) is 0 Å². The number of benzene rings is 1. The number of phenolic OH excluding ortho intramolecular Hbond substituents is 1. The summed E-state index contributed by atoms with van der Waals surface area (Å²) in [6, 6.07) is 13.0. The Labute approximate surface area is 114 Å². The van der Waals surface area contributed by atoms with Crippen molar-refractivity contribution in [2.75, 3.05) is 5.32 Å². The topological polar surface area (TPSA) is 90.2 Å². The smallest absolute Gasteiger partial charge is 0.255 e. The molecular weight excluding hydrogens is 256 g/mol. The highest BCUT2D eigenvalue weighted by Crippen LogP contribution is 2.11. The molecule has 5 heteroatoms. The van der Waals surface area contributed by atoms with E-state index in [1.165, 1.54) is 48.5 Å². The zero-order valence-electron chi connectivity index (χ0n) is 10.3. The van der Waals surface area contributed by atoms with Crippen molar-refractivity contribution < 1.29 is 9.90 Å². The second-order valence-corrected chi connectivity index (χ2v) is 4.01. The van der Waals surface area contributed by atoms with E-state index in [0.717, 1.165) is 0 Å². The number of aromatic hydroxyl groups is 1. The monoisotopic (exact) mass is 266 g/mol. The number of hydrogen-bond donors (Lipinski definition) is 2. The minimum atomic E-state index is -0.466. The van der Waals surface area contributed by atoms with Crippen LogP contribution in [0.5, 0.6) is 5.75 Å². The predicted molar refractivity (Wildman–Crippen MR) is 73.5 cm³/mol. The van der Waals surface area contributed by atoms with Crippen molar-refractivity contribution in [1.82, 2.24) is 0 Å². The third-order valence-electron chi connectivity index (χ3n) is 2.62. The maximum absolute atomic E-state index is 11.9. The van der Waals surface area contributed by atoms with Crippen molar-refractivity contribution in [1.29, 1.82) is 5.26 Å². The van der Waals surface area contributed by atoms with E-state index < -0.39 is 11.3 Å². The molecule has 0 spiro atoms. The molecule has 20 heavy (non-hydrogen) atoms. The number of phenols is 1. The fourth-order valence-corrected chi connectivity index (χ4v) is 1.55. The zero-order valence-corrected chi connectivity index (χ0v) is 10.3. The molecule has 0 atom stereocenters. The summed E-state index contributed by atoms with van der Waals surface area (Å²) in [7, 11) is 0. The first-order valence-electron chi connectivity index (χ1n) is 5.75. The lowest BCUT2D eigenvalue weighted by atomic mass is 10.2. The first-order valence-corrected chi connectivity index (χ1v) is 5.75. The van der Waals surface area contributed by atoms with Crippen LogP contribution in [0.15, 0.2) is 53.3 Å². The van der Waals surface area contributed by atoms with Gasteiger partial charge in [0.25, 0.3) is 5.91 Å². The fraction of sp³-hybridized carbons (Fsp3) is 0. The molecule has 0 saturated heterocycles. The molecule has 0 fully saturated rings. The highest BCUT2D eigenvalue weighted by Gasteiger charge is 2.07. The van der Waals surface area contributed by atoms with Gasteiger partial charge in [-0.2, -0.15) is 5.26 Å². The van der Waals surface area contributed by atoms with Gasteiger partial charge in [0.2, 0.25) is 5.43 Å². The van der Waals surface area contributed by atoms with Gasteiger partial charge in [0.1, 0.15) is 5.75 Å². The summed E-state index contributed by atoms with van der Waals surface area (Å²) in [5.74, 6) is -0.414. The van der Waals surface area contributed by atoms with Crippen molar-refractivity contribution >= 4 is 11.6 Å². The Kier molecular flexibility index (Phi) is 3.77. The second-order valence-electron chi connectivity index (χ2n) is 4.01. The molecule has 98 valence electrons. The fourth-order valence-electron chi connectivity index (χ4n) is 1.55. The molecule has 0 aliphatic carbocycles. The standard InChI is InChI=1S/C15H10N2O3/c16-9-10-1-7-13(14(19)8-2-10)17-15(20)11-3-5-12(18)6-4-11/h1-8,18H,(H,17,19,20). The van der Waals surface area contributed by atoms with E-state index >= 15 is 0 Å². The Hall–Kier alpha value is -3.13. The van der Waals surface area contributed by atoms with Gasteiger partial charge in [-0.1, -0.05) is 0 Å². The van der Waals surface area contributed by atoms with E-state index in [2.05, 4.69) is 5.32 Å². The van der Waals surface area contributed by atoms with Crippen LogP contribution >= 0.6 is 0 Å². The van der Waals surface area contributed by atoms with Crippen LogP contribution in [0.25, 0.3) is 0 Å². The molecule has 0 heterocycles. The lowest BCUT2D eigenvalue weighted by molar-refractivity contribution is 0.102. The number of amides is 1. The van der Waals surface area contributed by atoms with Gasteiger partial charge in [0.15, 0.2) is 0 Å². The molecule has 2 rings (SSSR count). The van der Waals surface area contributed by atoms with Gasteiger partial charge >= 0.3 is 0 Å². The summed E-state index contributed by atoms with van der Waals surface area (Å²) in [6.45, 7) is 0. The molecule has 0 radical (unpaired) electrons. The molecule has 0 aliphatic heterocycles. The Morgan fingerprint density at radius 2 is 1.70 bits per heavy atom. The molecule has 2 N–H and O–H groups in total. The van der Waals surface area contributed by atoms with Crippen molar-refractivity contribution in [2.45, 2.75) is 0 Å². The third kappa shape index (κ3) is 3.00. The lowest BCUT2D eigenvalue weighted by Gasteiger charge is -2.02. The Balaban J connectivity index is 2.29. The number of nitrogens with one attached hydrogen (secondary N) is 1. The molecule has 1 amide bonds. The minimum absolute atomic E-state index is 0.0517. The van der Waals surface area contributed by atoms with Crippen molar-refractivity contribution in [3.05, 3.63) is 69.9 Å². The van der Waals surface area contributed by atoms with Crippen LogP contribution in [0.1, 0.15) is 15.9 Å². The molecule has 2 aromatic carbocycles. The van der Waals surface area contributed by atoms with E-state index in [4.69, 9.17) is 10.4 Å². The van der Waals surface area contributed by atoms with E-state index in [1.54, 1.807) is 0 Å². The van der Waals surface area contributed by atoms with Gasteiger partial charge in [-0.3, -0.25) is 9.59 Å². The van der Waals surface area contributed by atoms with Crippen LogP contribution < -0.4 is 10.7 Å². The highest BCUT2D eigenvalue weighted by atomic mass is 16.3. The third-order valence-corrected chi connectivity index (χ3v) is 2.62. The van der Waals surface area contributed by atoms with Crippen LogP contribution in [0.3, 0.4) is 0 Å². The molecule has 0 unspecified atom stereocenters. The molecular formula is C15H10N2O3. The molecule has 5 nitrogen and oxygen atoms in total. The lowest BCUT2D eigenvalue weighted by Crippen LogP contribution is -2.16. The number of hydrogen-bond acceptors (Lipinski definition) is 4. The van der Waals surface area contributed by atoms with Crippen LogP contribution in [0, 0.1) is 11.3 Å². The van der Waals surface area contributed by atoms with E-state index in [9.17, 15) is 9.59 Å². The summed E-state index contributed by atoms with van der Waals surface area (Å²) >= 11 is 0. The average molecular weight is 266 g/mol. The molecule has 0 saturated carbocycles. The summed E-state index contributed by atoms with van der Waals surface area (Å²) < 4.78 is 0. The number of carbonyl (C=O) groups is 1. The van der Waals surface area contributed by atoms with E-state index in [0.29, 0.717) is 11.1 Å². The first kappa shape index (κ1) is 13.3. The van der Waals surface area contributed by atoms with Crippen molar-refractivity contribution in [3.8, 4) is 11.8 Å². The number of carbonyl (C=O) groups excluding carboxylic acids is 1. The minimum Gasteiger partial charge on any atom is -0.508 e. The quantitative estimate of drug-likeness (QED) is 0.868. The van der Waals surface area contributed by atoms with E-state index in [-0.39, 0.29) is 11.4 Å². The summed E-state index contributed by atoms with van der Waals surface area (Å²) in [5, 5.41) is 20.4. The van der Waals surface area contributed by atoms with Crippen molar-refractivity contribution in [3.63, 3.8) is 0 Å². The molecule has 0 bridgehead atoms. The van der Waals surface area contributed by atoms with Crippen LogP contribution in [-0.4, -0.2) is 11.0 Å². The first-order chi connectivity index (χ1) is 9.60. The van der Waals surface area contributed by atoms with Crippen LogP contribution in [0.4, 0.5) is 5.69 Å². The van der Waals surface area contributed by atoms with Gasteiger partial charge in [0.05, 0.1) is 17.3 Å². The summed E-state index contributed by atoms with van der Waals surface area (Å²) in [6.07, 6.45) is 0. The van der Waals surface area contributed by atoms with Gasteiger partial charge in [-0.15, -0.1) is 0 Å². The maximum Gasteiger partial charge on any atom is 0.255 e. The normalized spacial score (nSPS) is 9.55. The zero-order chi connectivity index (χ0) is 14.5. The molecule has 0 aliphatic rings. The molecule has 2 aromatic rings. The summed E-state index contributed by atoms with van der Waals surface area (Å²) in [5.41, 5.74) is 0.338. The Bertz CT molecular complexity index is 746. The predicted octanol–water partition coefficient (Wildman–Crippen LogP) is 1.88. The van der Waals surface area contributed by atoms with E-state index in [1.807, 2.05) is 6.07 Å². The number of nitrogens with zero attached hydrogens (tertiary/aromatic N) is 1. The van der Waals surface area contributed by atoms with Gasteiger partial charge in [-0.05, 0) is 48.5 Å². The largest absolute Gasteiger partial charge is 0.508 e. The Morgan fingerprint density at radius 3 is 2.35 bits per heavy atom. The maximum atomic E-state index is 11.9. The Morgan fingerprint density at radius 1 is 1.05 bits per heavy atom. The van der Waals surface area contributed by atoms with Gasteiger partial charge in [0, 0.05) is 5.56 Å². The SMILES string of the molecule is N#Cc1ccc(NC(=O)c2ccc(O)cc2)c(=O)cc1. The van der Waals surface area contributed by atoms with Gasteiger partial charge < -0.3 is 10.4 Å². The summed E-state index contributed by atoms with van der Waals surface area (Å²) in [4.78, 5) is 23.7. The number of nitriles is 1. The van der Waals surface area contributed by atoms with Crippen molar-refractivity contribution in [2.24, 2.45) is 0 Å². The molecule has 0 aromatic heterocycles. The average Bonchev–Trinajstić information content (AvgIpc) is 2.62. The highest BCUT2D eigenvalue weighted by molar-refractivity contribution is 6.04. The van der Waals surface area contributed by atoms with Gasteiger partial charge in [-0.25, -0.2) is 0 Å².